The lowest BCUT2D eigenvalue weighted by atomic mass is 9.87. The summed E-state index contributed by atoms with van der Waals surface area (Å²) in [5, 5.41) is 5.30. The zero-order valence-corrected chi connectivity index (χ0v) is 18.7. The third kappa shape index (κ3) is 7.44. The van der Waals surface area contributed by atoms with Crippen molar-refractivity contribution in [3.63, 3.8) is 0 Å². The van der Waals surface area contributed by atoms with Crippen molar-refractivity contribution < 1.29 is 23.9 Å². The molecule has 2 amide bonds. The van der Waals surface area contributed by atoms with Gasteiger partial charge in [-0.05, 0) is 55.2 Å². The van der Waals surface area contributed by atoms with E-state index in [4.69, 9.17) is 9.47 Å². The molecule has 166 valence electrons. The lowest BCUT2D eigenvalue weighted by molar-refractivity contribution is -0.153. The van der Waals surface area contributed by atoms with Gasteiger partial charge in [0.15, 0.2) is 12.7 Å². The Hall–Kier alpha value is -3.35. The van der Waals surface area contributed by atoms with E-state index in [9.17, 15) is 14.4 Å². The third-order valence-electron chi connectivity index (χ3n) is 4.46. The van der Waals surface area contributed by atoms with Crippen LogP contribution < -0.4 is 15.4 Å². The standard InChI is InChI=1S/C24H30N2O5/c1-6-25-22(28)17-8-7-9-19(14-17)26-21(27)15-30-23(29)16(2)31-20-12-10-18(11-13-20)24(3,4)5/h7-14,16H,6,15H2,1-5H3,(H,25,28)(H,26,27)/t16-/m0/s1. The van der Waals surface area contributed by atoms with Crippen LogP contribution in [0.25, 0.3) is 0 Å². The monoisotopic (exact) mass is 426 g/mol. The molecule has 2 aromatic carbocycles. The Kier molecular flexibility index (Phi) is 8.19. The molecule has 0 spiro atoms. The maximum absolute atomic E-state index is 12.2. The molecule has 7 nitrogen and oxygen atoms in total. The highest BCUT2D eigenvalue weighted by Crippen LogP contribution is 2.24. The molecule has 2 rings (SSSR count). The van der Waals surface area contributed by atoms with Crippen LogP contribution in [-0.2, 0) is 19.7 Å². The van der Waals surface area contributed by atoms with E-state index in [1.165, 1.54) is 0 Å². The highest BCUT2D eigenvalue weighted by atomic mass is 16.6. The summed E-state index contributed by atoms with van der Waals surface area (Å²) in [5.41, 5.74) is 2.04. The summed E-state index contributed by atoms with van der Waals surface area (Å²) in [6, 6.07) is 14.0. The van der Waals surface area contributed by atoms with Gasteiger partial charge >= 0.3 is 5.97 Å². The molecule has 1 atom stereocenters. The van der Waals surface area contributed by atoms with Gasteiger partial charge in [0.05, 0.1) is 0 Å². The Morgan fingerprint density at radius 2 is 1.71 bits per heavy atom. The van der Waals surface area contributed by atoms with E-state index in [0.717, 1.165) is 5.56 Å². The van der Waals surface area contributed by atoms with Crippen LogP contribution in [0, 0.1) is 0 Å². The first-order valence-corrected chi connectivity index (χ1v) is 10.2. The minimum atomic E-state index is -0.866. The van der Waals surface area contributed by atoms with Gasteiger partial charge in [-0.15, -0.1) is 0 Å². The minimum Gasteiger partial charge on any atom is -0.479 e. The smallest absolute Gasteiger partial charge is 0.347 e. The fourth-order valence-electron chi connectivity index (χ4n) is 2.74. The van der Waals surface area contributed by atoms with Crippen molar-refractivity contribution in [3.8, 4) is 5.75 Å². The van der Waals surface area contributed by atoms with Gasteiger partial charge in [-0.2, -0.15) is 0 Å². The second-order valence-corrected chi connectivity index (χ2v) is 8.13. The largest absolute Gasteiger partial charge is 0.479 e. The molecule has 0 fully saturated rings. The molecule has 0 aliphatic carbocycles. The van der Waals surface area contributed by atoms with Crippen LogP contribution in [0.15, 0.2) is 48.5 Å². The van der Waals surface area contributed by atoms with Gasteiger partial charge in [0.1, 0.15) is 5.75 Å². The summed E-state index contributed by atoms with van der Waals surface area (Å²) in [6.07, 6.45) is -0.866. The highest BCUT2D eigenvalue weighted by Gasteiger charge is 2.19. The zero-order chi connectivity index (χ0) is 23.0. The molecule has 0 radical (unpaired) electrons. The fourth-order valence-corrected chi connectivity index (χ4v) is 2.74. The van der Waals surface area contributed by atoms with Crippen LogP contribution in [0.5, 0.6) is 5.75 Å². The van der Waals surface area contributed by atoms with E-state index in [2.05, 4.69) is 31.4 Å². The molecule has 0 aliphatic heterocycles. The van der Waals surface area contributed by atoms with Crippen LogP contribution in [-0.4, -0.2) is 37.0 Å². The van der Waals surface area contributed by atoms with E-state index in [0.29, 0.717) is 23.5 Å². The first kappa shape index (κ1) is 23.9. The quantitative estimate of drug-likeness (QED) is 0.628. The minimum absolute atomic E-state index is 0.0236. The molecular formula is C24H30N2O5. The number of rotatable bonds is 8. The Balaban J connectivity index is 1.84. The number of nitrogens with one attached hydrogen (secondary N) is 2. The van der Waals surface area contributed by atoms with E-state index in [1.54, 1.807) is 43.3 Å². The van der Waals surface area contributed by atoms with Crippen molar-refractivity contribution in [1.82, 2.24) is 5.32 Å². The molecule has 0 bridgehead atoms. The van der Waals surface area contributed by atoms with Crippen LogP contribution >= 0.6 is 0 Å². The second kappa shape index (κ2) is 10.6. The summed E-state index contributed by atoms with van der Waals surface area (Å²) in [6.45, 7) is 9.78. The van der Waals surface area contributed by atoms with Crippen molar-refractivity contribution >= 4 is 23.5 Å². The van der Waals surface area contributed by atoms with Gasteiger partial charge < -0.3 is 20.1 Å². The number of benzene rings is 2. The topological polar surface area (TPSA) is 93.7 Å². The Bertz CT molecular complexity index is 916. The lowest BCUT2D eigenvalue weighted by Crippen LogP contribution is -2.29. The third-order valence-corrected chi connectivity index (χ3v) is 4.46. The van der Waals surface area contributed by atoms with Gasteiger partial charge in [0, 0.05) is 17.8 Å². The molecule has 0 heterocycles. The molecule has 0 saturated heterocycles. The SMILES string of the molecule is CCNC(=O)c1cccc(NC(=O)COC(=O)[C@H](C)Oc2ccc(C(C)(C)C)cc2)c1. The number of anilines is 1. The van der Waals surface area contributed by atoms with Gasteiger partial charge in [0.25, 0.3) is 11.8 Å². The first-order valence-electron chi connectivity index (χ1n) is 10.2. The number of ether oxygens (including phenoxy) is 2. The Labute approximate surface area is 183 Å². The van der Waals surface area contributed by atoms with Crippen LogP contribution in [0.3, 0.4) is 0 Å². The fraction of sp³-hybridized carbons (Fsp3) is 0.375. The molecular weight excluding hydrogens is 396 g/mol. The van der Waals surface area contributed by atoms with Crippen molar-refractivity contribution in [2.24, 2.45) is 0 Å². The van der Waals surface area contributed by atoms with E-state index < -0.39 is 24.6 Å². The summed E-state index contributed by atoms with van der Waals surface area (Å²) in [7, 11) is 0. The number of hydrogen-bond acceptors (Lipinski definition) is 5. The average molecular weight is 427 g/mol. The molecule has 31 heavy (non-hydrogen) atoms. The lowest BCUT2D eigenvalue weighted by Gasteiger charge is -2.20. The van der Waals surface area contributed by atoms with Crippen molar-refractivity contribution in [1.29, 1.82) is 0 Å². The number of hydrogen-bond donors (Lipinski definition) is 2. The number of amides is 2. The molecule has 2 N–H and O–H groups in total. The Morgan fingerprint density at radius 1 is 1.03 bits per heavy atom. The summed E-state index contributed by atoms with van der Waals surface area (Å²) in [5.74, 6) is -0.843. The number of carbonyl (C=O) groups is 3. The van der Waals surface area contributed by atoms with Crippen LogP contribution in [0.1, 0.15) is 50.5 Å². The average Bonchev–Trinajstić information content (AvgIpc) is 2.72. The highest BCUT2D eigenvalue weighted by molar-refractivity contribution is 5.97. The molecule has 0 unspecified atom stereocenters. The normalized spacial score (nSPS) is 11.9. The number of carbonyl (C=O) groups excluding carboxylic acids is 3. The molecule has 0 saturated carbocycles. The van der Waals surface area contributed by atoms with Gasteiger partial charge in [-0.25, -0.2) is 4.79 Å². The van der Waals surface area contributed by atoms with E-state index in [-0.39, 0.29) is 11.3 Å². The summed E-state index contributed by atoms with van der Waals surface area (Å²) in [4.78, 5) is 36.2. The maximum atomic E-state index is 12.2. The Morgan fingerprint density at radius 3 is 2.32 bits per heavy atom. The maximum Gasteiger partial charge on any atom is 0.347 e. The predicted octanol–water partition coefficient (Wildman–Crippen LogP) is 3.68. The van der Waals surface area contributed by atoms with Crippen molar-refractivity contribution in [2.75, 3.05) is 18.5 Å². The molecule has 7 heteroatoms. The zero-order valence-electron chi connectivity index (χ0n) is 18.7. The molecule has 0 aliphatic rings. The number of esters is 1. The van der Waals surface area contributed by atoms with E-state index >= 15 is 0 Å². The second-order valence-electron chi connectivity index (χ2n) is 8.13. The van der Waals surface area contributed by atoms with E-state index in [1.807, 2.05) is 19.1 Å². The molecule has 0 aromatic heterocycles. The van der Waals surface area contributed by atoms with Gasteiger partial charge in [-0.1, -0.05) is 39.0 Å². The summed E-state index contributed by atoms with van der Waals surface area (Å²) >= 11 is 0. The molecule has 2 aromatic rings. The van der Waals surface area contributed by atoms with Gasteiger partial charge in [-0.3, -0.25) is 9.59 Å². The first-order chi connectivity index (χ1) is 14.6. The van der Waals surface area contributed by atoms with Crippen molar-refractivity contribution in [2.45, 2.75) is 46.1 Å². The van der Waals surface area contributed by atoms with Gasteiger partial charge in [0.2, 0.25) is 0 Å². The van der Waals surface area contributed by atoms with Crippen molar-refractivity contribution in [3.05, 3.63) is 59.7 Å². The van der Waals surface area contributed by atoms with Crippen LogP contribution in [0.4, 0.5) is 5.69 Å². The van der Waals surface area contributed by atoms with Crippen LogP contribution in [0.2, 0.25) is 0 Å². The predicted molar refractivity (Wildman–Crippen MR) is 119 cm³/mol. The summed E-state index contributed by atoms with van der Waals surface area (Å²) < 4.78 is 10.7.